The number of Topliss-reactive ketones (excluding diaryl/α,β-unsaturated/α-hetero) is 2. The van der Waals surface area contributed by atoms with Crippen LogP contribution in [0, 0.1) is 0 Å². The maximum absolute atomic E-state index is 12.5. The molecule has 0 spiro atoms. The molecule has 0 amide bonds. The molecule has 0 aliphatic heterocycles. The minimum atomic E-state index is -0.508. The second-order valence-corrected chi connectivity index (χ2v) is 5.34. The monoisotopic (exact) mass is 316 g/mol. The van der Waals surface area contributed by atoms with Crippen LogP contribution >= 0.6 is 0 Å². The first-order valence-corrected chi connectivity index (χ1v) is 7.57. The summed E-state index contributed by atoms with van der Waals surface area (Å²) in [5.74, 6) is -0.270. The molecule has 0 aromatic heterocycles. The van der Waals surface area contributed by atoms with Gasteiger partial charge in [-0.25, -0.2) is 0 Å². The fourth-order valence-electron chi connectivity index (χ4n) is 2.49. The Morgan fingerprint density at radius 2 is 1.25 bits per heavy atom. The molecule has 0 aliphatic rings. The van der Waals surface area contributed by atoms with Gasteiger partial charge in [0.2, 0.25) is 11.6 Å². The molecule has 118 valence electrons. The predicted octanol–water partition coefficient (Wildman–Crippen LogP) is 4.43. The van der Waals surface area contributed by atoms with Gasteiger partial charge in [-0.05, 0) is 29.3 Å². The first kappa shape index (κ1) is 15.7. The summed E-state index contributed by atoms with van der Waals surface area (Å²) in [6.07, 6.45) is 0. The van der Waals surface area contributed by atoms with E-state index in [1.54, 1.807) is 49.6 Å². The minimum absolute atomic E-state index is 0.379. The summed E-state index contributed by atoms with van der Waals surface area (Å²) < 4.78 is 5.23. The molecule has 3 aromatic rings. The van der Waals surface area contributed by atoms with Crippen LogP contribution < -0.4 is 4.74 Å². The van der Waals surface area contributed by atoms with Gasteiger partial charge in [-0.2, -0.15) is 0 Å². The van der Waals surface area contributed by atoms with Crippen molar-refractivity contribution in [1.82, 2.24) is 0 Å². The van der Waals surface area contributed by atoms with Crippen LogP contribution in [-0.4, -0.2) is 18.7 Å². The zero-order valence-corrected chi connectivity index (χ0v) is 13.2. The van der Waals surface area contributed by atoms with Crippen molar-refractivity contribution in [2.45, 2.75) is 0 Å². The van der Waals surface area contributed by atoms with Crippen LogP contribution in [0.15, 0.2) is 78.9 Å². The number of benzene rings is 3. The number of ether oxygens (including phenoxy) is 1. The largest absolute Gasteiger partial charge is 0.497 e. The number of carbonyl (C=O) groups is 2. The van der Waals surface area contributed by atoms with Crippen molar-refractivity contribution in [3.05, 3.63) is 90.0 Å². The lowest BCUT2D eigenvalue weighted by Crippen LogP contribution is -2.14. The molecule has 0 aliphatic carbocycles. The Labute approximate surface area is 140 Å². The predicted molar refractivity (Wildman–Crippen MR) is 93.5 cm³/mol. The molecular formula is C21H16O3. The maximum Gasteiger partial charge on any atom is 0.233 e. The van der Waals surface area contributed by atoms with Gasteiger partial charge in [-0.1, -0.05) is 60.7 Å². The second kappa shape index (κ2) is 6.92. The number of ketones is 2. The summed E-state index contributed by atoms with van der Waals surface area (Å²) in [4.78, 5) is 24.8. The molecule has 3 nitrogen and oxygen atoms in total. The Kier molecular flexibility index (Phi) is 4.52. The van der Waals surface area contributed by atoms with E-state index in [-0.39, 0.29) is 0 Å². The lowest BCUT2D eigenvalue weighted by Gasteiger charge is -2.07. The van der Waals surface area contributed by atoms with E-state index < -0.39 is 11.6 Å². The first-order valence-electron chi connectivity index (χ1n) is 7.57. The molecule has 3 heteroatoms. The number of methoxy groups -OCH3 is 1. The van der Waals surface area contributed by atoms with Crippen molar-refractivity contribution in [2.75, 3.05) is 7.11 Å². The normalized spacial score (nSPS) is 10.2. The van der Waals surface area contributed by atoms with Gasteiger partial charge in [0.15, 0.2) is 0 Å². The summed E-state index contributed by atoms with van der Waals surface area (Å²) in [7, 11) is 1.61. The van der Waals surface area contributed by atoms with Gasteiger partial charge in [0.25, 0.3) is 0 Å². The van der Waals surface area contributed by atoms with Crippen molar-refractivity contribution in [3.63, 3.8) is 0 Å². The Balaban J connectivity index is 1.93. The van der Waals surface area contributed by atoms with Gasteiger partial charge >= 0.3 is 0 Å². The summed E-state index contributed by atoms with van der Waals surface area (Å²) in [5, 5.41) is 0. The van der Waals surface area contributed by atoms with Crippen molar-refractivity contribution in [2.24, 2.45) is 0 Å². The molecule has 0 unspecified atom stereocenters. The van der Waals surface area contributed by atoms with Crippen molar-refractivity contribution < 1.29 is 14.3 Å². The van der Waals surface area contributed by atoms with Crippen LogP contribution in [0.3, 0.4) is 0 Å². The molecule has 0 radical (unpaired) electrons. The van der Waals surface area contributed by atoms with E-state index >= 15 is 0 Å². The lowest BCUT2D eigenvalue weighted by atomic mass is 9.97. The van der Waals surface area contributed by atoms with E-state index in [9.17, 15) is 9.59 Å². The molecule has 3 aromatic carbocycles. The summed E-state index contributed by atoms with van der Waals surface area (Å²) in [6.45, 7) is 0. The third kappa shape index (κ3) is 3.25. The van der Waals surface area contributed by atoms with E-state index in [0.29, 0.717) is 11.1 Å². The summed E-state index contributed by atoms with van der Waals surface area (Å²) >= 11 is 0. The smallest absolute Gasteiger partial charge is 0.233 e. The molecule has 0 fully saturated rings. The molecule has 0 N–H and O–H groups in total. The van der Waals surface area contributed by atoms with Crippen molar-refractivity contribution in [1.29, 1.82) is 0 Å². The molecule has 0 bridgehead atoms. The van der Waals surface area contributed by atoms with Crippen molar-refractivity contribution >= 4 is 11.6 Å². The summed E-state index contributed by atoms with van der Waals surface area (Å²) in [5.41, 5.74) is 2.57. The van der Waals surface area contributed by atoms with Gasteiger partial charge in [0, 0.05) is 11.1 Å². The molecule has 0 heterocycles. The maximum atomic E-state index is 12.5. The number of carbonyl (C=O) groups excluding carboxylic acids is 2. The van der Waals surface area contributed by atoms with E-state index in [0.717, 1.165) is 16.9 Å². The molecule has 0 saturated carbocycles. The lowest BCUT2D eigenvalue weighted by molar-refractivity contribution is 0.0817. The average molecular weight is 316 g/mol. The molecule has 3 rings (SSSR count). The van der Waals surface area contributed by atoms with Crippen LogP contribution in [0.1, 0.15) is 20.7 Å². The Hall–Kier alpha value is -3.20. The first-order chi connectivity index (χ1) is 11.7. The van der Waals surface area contributed by atoms with Crippen LogP contribution in [-0.2, 0) is 0 Å². The number of hydrogen-bond donors (Lipinski definition) is 0. The molecular weight excluding hydrogens is 300 g/mol. The molecule has 0 atom stereocenters. The topological polar surface area (TPSA) is 43.4 Å². The zero-order valence-electron chi connectivity index (χ0n) is 13.2. The quantitative estimate of drug-likeness (QED) is 0.516. The van der Waals surface area contributed by atoms with Crippen molar-refractivity contribution in [3.8, 4) is 16.9 Å². The third-order valence-electron chi connectivity index (χ3n) is 3.77. The Morgan fingerprint density at radius 3 is 1.96 bits per heavy atom. The molecule has 0 saturated heterocycles. The van der Waals surface area contributed by atoms with Crippen LogP contribution in [0.4, 0.5) is 0 Å². The SMILES string of the molecule is COc1cccc(-c2cccc(C(=O)C(=O)c3ccccc3)c2)c1. The average Bonchev–Trinajstić information content (AvgIpc) is 2.67. The Bertz CT molecular complexity index is 882. The zero-order chi connectivity index (χ0) is 16.9. The second-order valence-electron chi connectivity index (χ2n) is 5.34. The van der Waals surface area contributed by atoms with Crippen LogP contribution in [0.5, 0.6) is 5.75 Å². The third-order valence-corrected chi connectivity index (χ3v) is 3.77. The molecule has 24 heavy (non-hydrogen) atoms. The highest BCUT2D eigenvalue weighted by molar-refractivity contribution is 6.49. The van der Waals surface area contributed by atoms with Gasteiger partial charge < -0.3 is 4.74 Å². The van der Waals surface area contributed by atoms with Gasteiger partial charge in [0.05, 0.1) is 7.11 Å². The van der Waals surface area contributed by atoms with E-state index in [1.807, 2.05) is 36.4 Å². The van der Waals surface area contributed by atoms with Gasteiger partial charge in [0.1, 0.15) is 5.75 Å². The van der Waals surface area contributed by atoms with Gasteiger partial charge in [-0.15, -0.1) is 0 Å². The highest BCUT2D eigenvalue weighted by Crippen LogP contribution is 2.25. The van der Waals surface area contributed by atoms with Crippen LogP contribution in [0.2, 0.25) is 0 Å². The number of rotatable bonds is 5. The highest BCUT2D eigenvalue weighted by Gasteiger charge is 2.18. The number of hydrogen-bond acceptors (Lipinski definition) is 3. The van der Waals surface area contributed by atoms with Crippen LogP contribution in [0.25, 0.3) is 11.1 Å². The summed E-state index contributed by atoms with van der Waals surface area (Å²) in [6, 6.07) is 23.2. The van der Waals surface area contributed by atoms with E-state index in [1.165, 1.54) is 0 Å². The fraction of sp³-hybridized carbons (Fsp3) is 0.0476. The van der Waals surface area contributed by atoms with Gasteiger partial charge in [-0.3, -0.25) is 9.59 Å². The van der Waals surface area contributed by atoms with E-state index in [2.05, 4.69) is 0 Å². The standard InChI is InChI=1S/C21H16O3/c1-24-19-12-6-10-17(14-19)16-9-5-11-18(13-16)21(23)20(22)15-7-3-2-4-8-15/h2-14H,1H3. The Morgan fingerprint density at radius 1 is 0.667 bits per heavy atom. The minimum Gasteiger partial charge on any atom is -0.497 e. The van der Waals surface area contributed by atoms with E-state index in [4.69, 9.17) is 4.74 Å². The highest BCUT2D eigenvalue weighted by atomic mass is 16.5. The fourth-order valence-corrected chi connectivity index (χ4v) is 2.49.